The number of β-amino-alcohol motifs (C(OH)–C–C–N with tert-alkyl or cyclic N) is 1. The maximum atomic E-state index is 12.2. The third kappa shape index (κ3) is 3.72. The van der Waals surface area contributed by atoms with Crippen LogP contribution in [-0.2, 0) is 16.0 Å². The van der Waals surface area contributed by atoms with Crippen LogP contribution in [-0.4, -0.2) is 52.3 Å². The number of carbonyl (C=O) groups excluding carboxylic acids is 1. The lowest BCUT2D eigenvalue weighted by atomic mass is 10.1. The Balaban J connectivity index is 2.01. The SMILES string of the molecule is CCOc1ccc(CC(=O)N2C[C@H](O)C[C@H]2C(=O)O)cc1. The maximum absolute atomic E-state index is 12.2. The van der Waals surface area contributed by atoms with Crippen molar-refractivity contribution in [3.05, 3.63) is 29.8 Å². The minimum absolute atomic E-state index is 0.0762. The third-order valence-electron chi connectivity index (χ3n) is 3.47. The van der Waals surface area contributed by atoms with Crippen molar-refractivity contribution in [1.82, 2.24) is 4.90 Å². The fourth-order valence-corrected chi connectivity index (χ4v) is 2.47. The van der Waals surface area contributed by atoms with Gasteiger partial charge in [0.2, 0.25) is 5.91 Å². The number of benzene rings is 1. The van der Waals surface area contributed by atoms with Gasteiger partial charge in [0.15, 0.2) is 0 Å². The number of amides is 1. The molecule has 1 saturated heterocycles. The molecule has 114 valence electrons. The Labute approximate surface area is 122 Å². The van der Waals surface area contributed by atoms with E-state index in [0.717, 1.165) is 11.3 Å². The molecule has 1 aromatic carbocycles. The molecular formula is C15H19NO5. The molecule has 1 amide bonds. The number of carbonyl (C=O) groups is 2. The van der Waals surface area contributed by atoms with Crippen molar-refractivity contribution in [1.29, 1.82) is 0 Å². The van der Waals surface area contributed by atoms with Gasteiger partial charge >= 0.3 is 5.97 Å². The monoisotopic (exact) mass is 293 g/mol. The van der Waals surface area contributed by atoms with E-state index < -0.39 is 18.1 Å². The summed E-state index contributed by atoms with van der Waals surface area (Å²) in [6.07, 6.45) is -0.567. The zero-order valence-electron chi connectivity index (χ0n) is 11.9. The molecule has 21 heavy (non-hydrogen) atoms. The number of carboxylic acids is 1. The number of carboxylic acid groups (broad SMARTS) is 1. The lowest BCUT2D eigenvalue weighted by Crippen LogP contribution is -2.41. The number of aliphatic carboxylic acids is 1. The van der Waals surface area contributed by atoms with E-state index in [2.05, 4.69) is 0 Å². The molecule has 2 atom stereocenters. The van der Waals surface area contributed by atoms with Crippen LogP contribution in [0.5, 0.6) is 5.75 Å². The molecule has 0 aliphatic carbocycles. The van der Waals surface area contributed by atoms with Gasteiger partial charge in [-0.2, -0.15) is 0 Å². The summed E-state index contributed by atoms with van der Waals surface area (Å²) in [4.78, 5) is 24.6. The lowest BCUT2D eigenvalue weighted by molar-refractivity contribution is -0.148. The van der Waals surface area contributed by atoms with Crippen molar-refractivity contribution in [3.63, 3.8) is 0 Å². The highest BCUT2D eigenvalue weighted by Crippen LogP contribution is 2.20. The summed E-state index contributed by atoms with van der Waals surface area (Å²) in [5, 5.41) is 18.6. The first-order chi connectivity index (χ1) is 10.0. The average molecular weight is 293 g/mol. The summed E-state index contributed by atoms with van der Waals surface area (Å²) in [6, 6.07) is 6.19. The number of rotatable bonds is 5. The van der Waals surface area contributed by atoms with Crippen LogP contribution in [0.15, 0.2) is 24.3 Å². The van der Waals surface area contributed by atoms with Crippen LogP contribution in [0.1, 0.15) is 18.9 Å². The second-order valence-corrected chi connectivity index (χ2v) is 5.04. The molecule has 6 nitrogen and oxygen atoms in total. The molecule has 0 bridgehead atoms. The van der Waals surface area contributed by atoms with Crippen LogP contribution in [0.3, 0.4) is 0 Å². The zero-order valence-corrected chi connectivity index (χ0v) is 11.9. The van der Waals surface area contributed by atoms with E-state index in [1.54, 1.807) is 24.3 Å². The summed E-state index contributed by atoms with van der Waals surface area (Å²) in [7, 11) is 0. The molecule has 0 saturated carbocycles. The molecular weight excluding hydrogens is 274 g/mol. The van der Waals surface area contributed by atoms with Gasteiger partial charge in [0.25, 0.3) is 0 Å². The molecule has 0 aromatic heterocycles. The van der Waals surface area contributed by atoms with Crippen LogP contribution in [0.2, 0.25) is 0 Å². The maximum Gasteiger partial charge on any atom is 0.326 e. The van der Waals surface area contributed by atoms with Crippen LogP contribution in [0.25, 0.3) is 0 Å². The number of nitrogens with zero attached hydrogens (tertiary/aromatic N) is 1. The molecule has 0 unspecified atom stereocenters. The zero-order chi connectivity index (χ0) is 15.4. The van der Waals surface area contributed by atoms with Gasteiger partial charge in [-0.15, -0.1) is 0 Å². The van der Waals surface area contributed by atoms with E-state index in [-0.39, 0.29) is 25.3 Å². The van der Waals surface area contributed by atoms with Gasteiger partial charge in [0.1, 0.15) is 11.8 Å². The molecule has 6 heteroatoms. The van der Waals surface area contributed by atoms with Crippen molar-refractivity contribution in [2.24, 2.45) is 0 Å². The largest absolute Gasteiger partial charge is 0.494 e. The molecule has 2 N–H and O–H groups in total. The van der Waals surface area contributed by atoms with Crippen molar-refractivity contribution in [2.75, 3.05) is 13.2 Å². The Hall–Kier alpha value is -2.08. The highest BCUT2D eigenvalue weighted by molar-refractivity contribution is 5.85. The van der Waals surface area contributed by atoms with Crippen molar-refractivity contribution >= 4 is 11.9 Å². The summed E-state index contributed by atoms with van der Waals surface area (Å²) in [5.41, 5.74) is 0.786. The second-order valence-electron chi connectivity index (χ2n) is 5.04. The summed E-state index contributed by atoms with van der Waals surface area (Å²) < 4.78 is 5.32. The molecule has 1 aliphatic heterocycles. The van der Waals surface area contributed by atoms with Crippen molar-refractivity contribution < 1.29 is 24.5 Å². The van der Waals surface area contributed by atoms with Gasteiger partial charge in [-0.25, -0.2) is 4.79 Å². The van der Waals surface area contributed by atoms with Crippen LogP contribution >= 0.6 is 0 Å². The topological polar surface area (TPSA) is 87.1 Å². The Morgan fingerprint density at radius 1 is 1.33 bits per heavy atom. The van der Waals surface area contributed by atoms with E-state index >= 15 is 0 Å². The van der Waals surface area contributed by atoms with E-state index in [4.69, 9.17) is 9.84 Å². The van der Waals surface area contributed by atoms with Crippen LogP contribution < -0.4 is 4.74 Å². The lowest BCUT2D eigenvalue weighted by Gasteiger charge is -2.21. The number of likely N-dealkylation sites (tertiary alicyclic amines) is 1. The molecule has 1 aliphatic rings. The van der Waals surface area contributed by atoms with Crippen LogP contribution in [0, 0.1) is 0 Å². The molecule has 0 spiro atoms. The highest BCUT2D eigenvalue weighted by Gasteiger charge is 2.38. The molecule has 0 radical (unpaired) electrons. The summed E-state index contributed by atoms with van der Waals surface area (Å²) >= 11 is 0. The summed E-state index contributed by atoms with van der Waals surface area (Å²) in [5.74, 6) is -0.636. The van der Waals surface area contributed by atoms with Gasteiger partial charge in [0, 0.05) is 13.0 Å². The Bertz CT molecular complexity index is 513. The molecule has 1 aromatic rings. The van der Waals surface area contributed by atoms with Gasteiger partial charge in [-0.1, -0.05) is 12.1 Å². The Morgan fingerprint density at radius 3 is 2.57 bits per heavy atom. The quantitative estimate of drug-likeness (QED) is 0.833. The van der Waals surface area contributed by atoms with E-state index in [0.29, 0.717) is 6.61 Å². The predicted molar refractivity (Wildman–Crippen MR) is 75.1 cm³/mol. The van der Waals surface area contributed by atoms with Gasteiger partial charge < -0.3 is 19.8 Å². The first-order valence-corrected chi connectivity index (χ1v) is 6.93. The molecule has 1 heterocycles. The first-order valence-electron chi connectivity index (χ1n) is 6.93. The normalized spacial score (nSPS) is 21.3. The number of hydrogen-bond acceptors (Lipinski definition) is 4. The van der Waals surface area contributed by atoms with Crippen molar-refractivity contribution in [3.8, 4) is 5.75 Å². The minimum Gasteiger partial charge on any atom is -0.494 e. The van der Waals surface area contributed by atoms with E-state index in [1.165, 1.54) is 4.90 Å². The van der Waals surface area contributed by atoms with Crippen molar-refractivity contribution in [2.45, 2.75) is 31.9 Å². The third-order valence-corrected chi connectivity index (χ3v) is 3.47. The standard InChI is InChI=1S/C15H19NO5/c1-2-21-12-5-3-10(4-6-12)7-14(18)16-9-11(17)8-13(16)15(19)20/h3-6,11,13,17H,2,7-9H2,1H3,(H,19,20)/t11-,13+/m1/s1. The minimum atomic E-state index is -1.08. The summed E-state index contributed by atoms with van der Waals surface area (Å²) in [6.45, 7) is 2.54. The Kier molecular flexibility index (Phi) is 4.80. The number of aliphatic hydroxyl groups excluding tert-OH is 1. The fourth-order valence-electron chi connectivity index (χ4n) is 2.47. The Morgan fingerprint density at radius 2 is 2.00 bits per heavy atom. The molecule has 2 rings (SSSR count). The first kappa shape index (κ1) is 15.3. The van der Waals surface area contributed by atoms with Gasteiger partial charge in [-0.05, 0) is 24.6 Å². The van der Waals surface area contributed by atoms with Gasteiger partial charge in [0.05, 0.1) is 19.1 Å². The number of ether oxygens (including phenoxy) is 1. The second kappa shape index (κ2) is 6.58. The van der Waals surface area contributed by atoms with E-state index in [9.17, 15) is 14.7 Å². The highest BCUT2D eigenvalue weighted by atomic mass is 16.5. The van der Waals surface area contributed by atoms with E-state index in [1.807, 2.05) is 6.92 Å². The average Bonchev–Trinajstić information content (AvgIpc) is 2.84. The fraction of sp³-hybridized carbons (Fsp3) is 0.467. The van der Waals surface area contributed by atoms with Crippen LogP contribution in [0.4, 0.5) is 0 Å². The number of hydrogen-bond donors (Lipinski definition) is 2. The number of aliphatic hydroxyl groups is 1. The smallest absolute Gasteiger partial charge is 0.326 e. The molecule has 1 fully saturated rings. The predicted octanol–water partition coefficient (Wildman–Crippen LogP) is 0.674. The van der Waals surface area contributed by atoms with Gasteiger partial charge in [-0.3, -0.25) is 4.79 Å².